The van der Waals surface area contributed by atoms with E-state index in [1.54, 1.807) is 0 Å². The lowest BCUT2D eigenvalue weighted by Crippen LogP contribution is -2.44. The molecule has 0 saturated heterocycles. The molecule has 1 aromatic carbocycles. The van der Waals surface area contributed by atoms with Gasteiger partial charge < -0.3 is 5.32 Å². The Balaban J connectivity index is 1.56. The number of benzene rings is 1. The van der Waals surface area contributed by atoms with E-state index in [2.05, 4.69) is 35.5 Å². The summed E-state index contributed by atoms with van der Waals surface area (Å²) in [5, 5.41) is 5.24. The van der Waals surface area contributed by atoms with E-state index >= 15 is 0 Å². The maximum atomic E-state index is 12.2. The standard InChI is InChI=1S/C19H24N2OS/c1-13-4-6-16(7-5-13)19(22)20-9-10-21-14(2)12-17-8-11-23-18(17)15(21)3/h4-8,11,14-15H,9-10,12H2,1-3H3,(H,20,22). The van der Waals surface area contributed by atoms with E-state index in [0.717, 1.165) is 18.5 Å². The van der Waals surface area contributed by atoms with E-state index in [4.69, 9.17) is 0 Å². The second kappa shape index (κ2) is 6.85. The summed E-state index contributed by atoms with van der Waals surface area (Å²) in [6.45, 7) is 8.14. The Bertz CT molecular complexity index is 677. The molecule has 1 amide bonds. The van der Waals surface area contributed by atoms with Crippen LogP contribution >= 0.6 is 11.3 Å². The van der Waals surface area contributed by atoms with Gasteiger partial charge >= 0.3 is 0 Å². The first-order chi connectivity index (χ1) is 11.1. The van der Waals surface area contributed by atoms with E-state index in [-0.39, 0.29) is 5.91 Å². The second-order valence-corrected chi connectivity index (χ2v) is 7.35. The van der Waals surface area contributed by atoms with E-state index in [1.807, 2.05) is 42.5 Å². The third-order valence-corrected chi connectivity index (χ3v) is 5.84. The number of nitrogens with one attached hydrogen (secondary N) is 1. The zero-order valence-electron chi connectivity index (χ0n) is 14.0. The number of fused-ring (bicyclic) bond motifs is 1. The minimum atomic E-state index is 0.0131. The smallest absolute Gasteiger partial charge is 0.251 e. The number of rotatable bonds is 4. The minimum Gasteiger partial charge on any atom is -0.351 e. The van der Waals surface area contributed by atoms with Crippen molar-refractivity contribution in [3.63, 3.8) is 0 Å². The Morgan fingerprint density at radius 2 is 2.00 bits per heavy atom. The fraction of sp³-hybridized carbons (Fsp3) is 0.421. The predicted molar refractivity (Wildman–Crippen MR) is 96.1 cm³/mol. The summed E-state index contributed by atoms with van der Waals surface area (Å²) in [6.07, 6.45) is 1.11. The molecule has 2 heterocycles. The van der Waals surface area contributed by atoms with Crippen molar-refractivity contribution < 1.29 is 4.79 Å². The van der Waals surface area contributed by atoms with Gasteiger partial charge in [0.2, 0.25) is 0 Å². The number of amides is 1. The quantitative estimate of drug-likeness (QED) is 0.926. The van der Waals surface area contributed by atoms with Crippen molar-refractivity contribution in [3.8, 4) is 0 Å². The van der Waals surface area contributed by atoms with Crippen LogP contribution in [0.5, 0.6) is 0 Å². The monoisotopic (exact) mass is 328 g/mol. The summed E-state index contributed by atoms with van der Waals surface area (Å²) in [6, 6.07) is 10.9. The topological polar surface area (TPSA) is 32.3 Å². The Hall–Kier alpha value is -1.65. The van der Waals surface area contributed by atoms with Gasteiger partial charge in [-0.25, -0.2) is 0 Å². The minimum absolute atomic E-state index is 0.0131. The molecule has 0 fully saturated rings. The molecule has 1 aliphatic heterocycles. The number of nitrogens with zero attached hydrogens (tertiary/aromatic N) is 1. The highest BCUT2D eigenvalue weighted by Crippen LogP contribution is 2.35. The SMILES string of the molecule is Cc1ccc(C(=O)NCCN2C(C)Cc3ccsc3C2C)cc1. The van der Waals surface area contributed by atoms with Gasteiger partial charge in [-0.05, 0) is 56.3 Å². The number of hydrogen-bond acceptors (Lipinski definition) is 3. The van der Waals surface area contributed by atoms with Crippen LogP contribution in [-0.4, -0.2) is 29.9 Å². The molecule has 1 aliphatic rings. The Morgan fingerprint density at radius 1 is 1.26 bits per heavy atom. The van der Waals surface area contributed by atoms with Crippen molar-refractivity contribution in [3.05, 3.63) is 57.3 Å². The molecule has 0 spiro atoms. The van der Waals surface area contributed by atoms with Crippen LogP contribution < -0.4 is 5.32 Å². The van der Waals surface area contributed by atoms with Crippen LogP contribution in [0.15, 0.2) is 35.7 Å². The van der Waals surface area contributed by atoms with Crippen molar-refractivity contribution >= 4 is 17.2 Å². The van der Waals surface area contributed by atoms with Crippen LogP contribution in [0.1, 0.15) is 46.3 Å². The zero-order valence-corrected chi connectivity index (χ0v) is 14.8. The van der Waals surface area contributed by atoms with Gasteiger partial charge in [0.25, 0.3) is 5.91 Å². The van der Waals surface area contributed by atoms with Crippen LogP contribution in [0.25, 0.3) is 0 Å². The molecule has 3 rings (SSSR count). The van der Waals surface area contributed by atoms with E-state index < -0.39 is 0 Å². The summed E-state index contributed by atoms with van der Waals surface area (Å²) >= 11 is 1.85. The molecule has 2 atom stereocenters. The average Bonchev–Trinajstić information content (AvgIpc) is 2.99. The Labute approximate surface area is 142 Å². The van der Waals surface area contributed by atoms with E-state index in [1.165, 1.54) is 16.0 Å². The molecular formula is C19H24N2OS. The summed E-state index contributed by atoms with van der Waals surface area (Å²) in [5.41, 5.74) is 3.40. The summed E-state index contributed by atoms with van der Waals surface area (Å²) in [7, 11) is 0. The van der Waals surface area contributed by atoms with Gasteiger partial charge in [0, 0.05) is 35.6 Å². The molecule has 23 heavy (non-hydrogen) atoms. The number of carbonyl (C=O) groups is 1. The molecule has 1 N–H and O–H groups in total. The highest BCUT2D eigenvalue weighted by atomic mass is 32.1. The molecular weight excluding hydrogens is 304 g/mol. The van der Waals surface area contributed by atoms with Crippen LogP contribution in [0.3, 0.4) is 0 Å². The highest BCUT2D eigenvalue weighted by molar-refractivity contribution is 7.10. The van der Waals surface area contributed by atoms with E-state index in [9.17, 15) is 4.79 Å². The average molecular weight is 328 g/mol. The lowest BCUT2D eigenvalue weighted by molar-refractivity contribution is 0.0930. The Morgan fingerprint density at radius 3 is 2.74 bits per heavy atom. The zero-order chi connectivity index (χ0) is 16.4. The van der Waals surface area contributed by atoms with Gasteiger partial charge in [-0.1, -0.05) is 17.7 Å². The first-order valence-electron chi connectivity index (χ1n) is 8.23. The number of carbonyl (C=O) groups excluding carboxylic acids is 1. The van der Waals surface area contributed by atoms with Crippen molar-refractivity contribution in [1.29, 1.82) is 0 Å². The maximum Gasteiger partial charge on any atom is 0.251 e. The third-order valence-electron chi connectivity index (χ3n) is 4.71. The van der Waals surface area contributed by atoms with Crippen LogP contribution in [0.2, 0.25) is 0 Å². The van der Waals surface area contributed by atoms with Gasteiger partial charge in [0.05, 0.1) is 0 Å². The molecule has 0 aliphatic carbocycles. The molecule has 122 valence electrons. The van der Waals surface area contributed by atoms with Crippen molar-refractivity contribution in [2.45, 2.75) is 39.3 Å². The summed E-state index contributed by atoms with van der Waals surface area (Å²) in [5.74, 6) is 0.0131. The summed E-state index contributed by atoms with van der Waals surface area (Å²) in [4.78, 5) is 16.2. The van der Waals surface area contributed by atoms with Crippen molar-refractivity contribution in [2.75, 3.05) is 13.1 Å². The van der Waals surface area contributed by atoms with Crippen LogP contribution in [0.4, 0.5) is 0 Å². The number of aryl methyl sites for hydroxylation is 1. The summed E-state index contributed by atoms with van der Waals surface area (Å²) < 4.78 is 0. The maximum absolute atomic E-state index is 12.2. The van der Waals surface area contributed by atoms with Crippen molar-refractivity contribution in [1.82, 2.24) is 10.2 Å². The molecule has 0 radical (unpaired) electrons. The first-order valence-corrected chi connectivity index (χ1v) is 9.11. The molecule has 0 bridgehead atoms. The second-order valence-electron chi connectivity index (χ2n) is 6.40. The molecule has 2 aromatic rings. The van der Waals surface area contributed by atoms with Gasteiger partial charge in [-0.15, -0.1) is 11.3 Å². The largest absolute Gasteiger partial charge is 0.351 e. The fourth-order valence-electron chi connectivity index (χ4n) is 3.37. The molecule has 3 nitrogen and oxygen atoms in total. The lowest BCUT2D eigenvalue weighted by Gasteiger charge is -2.38. The molecule has 0 saturated carbocycles. The van der Waals surface area contributed by atoms with Gasteiger partial charge in [0.1, 0.15) is 0 Å². The fourth-order valence-corrected chi connectivity index (χ4v) is 4.38. The first kappa shape index (κ1) is 16.2. The van der Waals surface area contributed by atoms with Gasteiger partial charge in [0.15, 0.2) is 0 Å². The molecule has 4 heteroatoms. The van der Waals surface area contributed by atoms with Gasteiger partial charge in [-0.3, -0.25) is 9.69 Å². The highest BCUT2D eigenvalue weighted by Gasteiger charge is 2.29. The third kappa shape index (κ3) is 3.48. The van der Waals surface area contributed by atoms with Crippen LogP contribution in [0, 0.1) is 6.92 Å². The molecule has 2 unspecified atom stereocenters. The number of hydrogen-bond donors (Lipinski definition) is 1. The van der Waals surface area contributed by atoms with Crippen LogP contribution in [-0.2, 0) is 6.42 Å². The molecule has 1 aromatic heterocycles. The normalized spacial score (nSPS) is 21.0. The lowest BCUT2D eigenvalue weighted by atomic mass is 9.97. The number of thiophene rings is 1. The van der Waals surface area contributed by atoms with E-state index in [0.29, 0.717) is 18.6 Å². The van der Waals surface area contributed by atoms with Gasteiger partial charge in [-0.2, -0.15) is 0 Å². The Kier molecular flexibility index (Phi) is 4.83. The predicted octanol–water partition coefficient (Wildman–Crippen LogP) is 3.79. The van der Waals surface area contributed by atoms with Crippen molar-refractivity contribution in [2.24, 2.45) is 0 Å².